The molecule has 8 heteroatoms. The van der Waals surface area contributed by atoms with Crippen LogP contribution in [0, 0.1) is 29.6 Å². The molecule has 0 aliphatic heterocycles. The van der Waals surface area contributed by atoms with Crippen molar-refractivity contribution in [3.8, 4) is 11.5 Å². The van der Waals surface area contributed by atoms with Crippen LogP contribution in [0.4, 0.5) is 4.79 Å². The van der Waals surface area contributed by atoms with Gasteiger partial charge in [-0.15, -0.1) is 0 Å². The van der Waals surface area contributed by atoms with Gasteiger partial charge in [-0.2, -0.15) is 0 Å². The minimum Gasteiger partial charge on any atom is -0.493 e. The number of methoxy groups -OCH3 is 2. The molecule has 0 saturated heterocycles. The summed E-state index contributed by atoms with van der Waals surface area (Å²) in [6.45, 7) is 16.9. The van der Waals surface area contributed by atoms with Crippen molar-refractivity contribution in [2.45, 2.75) is 92.7 Å². The molecule has 0 spiro atoms. The van der Waals surface area contributed by atoms with Gasteiger partial charge in [0.2, 0.25) is 0 Å². The predicted molar refractivity (Wildman–Crippen MR) is 155 cm³/mol. The number of carbonyl (C=O) groups excluding carboxylic acids is 1. The number of amides is 1. The van der Waals surface area contributed by atoms with E-state index in [0.29, 0.717) is 43.5 Å². The van der Waals surface area contributed by atoms with Gasteiger partial charge in [-0.3, -0.25) is 4.79 Å². The molecule has 0 aliphatic carbocycles. The van der Waals surface area contributed by atoms with E-state index in [1.165, 1.54) is 0 Å². The summed E-state index contributed by atoms with van der Waals surface area (Å²) in [5, 5.41) is 12.9. The summed E-state index contributed by atoms with van der Waals surface area (Å²) in [6, 6.07) is 5.77. The smallest absolute Gasteiger partial charge is 0.407 e. The Kier molecular flexibility index (Phi) is 14.7. The lowest BCUT2D eigenvalue weighted by Crippen LogP contribution is -2.45. The summed E-state index contributed by atoms with van der Waals surface area (Å²) >= 11 is 0. The number of hydrogen-bond donors (Lipinski definition) is 2. The van der Waals surface area contributed by atoms with Crippen LogP contribution in [0.3, 0.4) is 0 Å². The van der Waals surface area contributed by atoms with Crippen LogP contribution in [-0.2, 0) is 20.7 Å². The third kappa shape index (κ3) is 12.9. The first-order chi connectivity index (χ1) is 18.2. The van der Waals surface area contributed by atoms with Gasteiger partial charge in [0.15, 0.2) is 11.5 Å². The normalized spacial score (nSPS) is 15.0. The van der Waals surface area contributed by atoms with Gasteiger partial charge in [0.05, 0.1) is 19.6 Å². The van der Waals surface area contributed by atoms with Crippen molar-refractivity contribution in [2.24, 2.45) is 29.6 Å². The highest BCUT2D eigenvalue weighted by molar-refractivity contribution is 5.70. The minimum absolute atomic E-state index is 0.00497. The van der Waals surface area contributed by atoms with Crippen LogP contribution in [-0.4, -0.2) is 56.2 Å². The topological polar surface area (TPSA) is 103 Å². The fourth-order valence-electron chi connectivity index (χ4n) is 4.68. The van der Waals surface area contributed by atoms with E-state index in [9.17, 15) is 14.7 Å². The summed E-state index contributed by atoms with van der Waals surface area (Å²) in [5.41, 5.74) is 0.491. The van der Waals surface area contributed by atoms with Gasteiger partial charge in [0.25, 0.3) is 0 Å². The lowest BCUT2D eigenvalue weighted by Gasteiger charge is -2.33. The molecule has 0 aromatic heterocycles. The molecule has 0 saturated carbocycles. The van der Waals surface area contributed by atoms with Gasteiger partial charge in [-0.1, -0.05) is 40.7 Å². The van der Waals surface area contributed by atoms with Crippen molar-refractivity contribution in [3.05, 3.63) is 23.8 Å². The van der Waals surface area contributed by atoms with Crippen LogP contribution in [0.1, 0.15) is 80.2 Å². The quantitative estimate of drug-likeness (QED) is 0.210. The number of rotatable bonds is 17. The van der Waals surface area contributed by atoms with E-state index >= 15 is 0 Å². The number of carboxylic acids is 1. The first-order valence-electron chi connectivity index (χ1n) is 14.2. The molecule has 1 aromatic rings. The average molecular weight is 552 g/mol. The number of carbonyl (C=O) groups is 2. The highest BCUT2D eigenvalue weighted by Gasteiger charge is 2.32. The molecule has 0 heterocycles. The van der Waals surface area contributed by atoms with E-state index in [2.05, 4.69) is 25.2 Å². The molecule has 1 aromatic carbocycles. The number of benzene rings is 1. The van der Waals surface area contributed by atoms with Crippen molar-refractivity contribution >= 4 is 12.1 Å². The highest BCUT2D eigenvalue weighted by atomic mass is 16.6. The SMILES string of the molecule is COCCCOc1cc(C[C@@H](C[C@H](NC(=O)OC(C)(C)C)[C@@H](C)C[C@H](C(=O)O)C(C)C)C(C)C)ccc1OC. The summed E-state index contributed by atoms with van der Waals surface area (Å²) < 4.78 is 22.2. The molecule has 0 aliphatic rings. The fraction of sp³-hybridized carbons (Fsp3) is 0.742. The average Bonchev–Trinajstić information content (AvgIpc) is 2.82. The van der Waals surface area contributed by atoms with Gasteiger partial charge in [0, 0.05) is 26.2 Å². The van der Waals surface area contributed by atoms with Gasteiger partial charge in [-0.05, 0) is 81.4 Å². The maximum Gasteiger partial charge on any atom is 0.407 e. The second-order valence-corrected chi connectivity index (χ2v) is 12.3. The first kappa shape index (κ1) is 34.5. The molecule has 224 valence electrons. The van der Waals surface area contributed by atoms with Gasteiger partial charge < -0.3 is 29.4 Å². The van der Waals surface area contributed by atoms with Crippen LogP contribution >= 0.6 is 0 Å². The maximum absolute atomic E-state index is 12.8. The molecule has 4 atom stereocenters. The Balaban J connectivity index is 3.18. The van der Waals surface area contributed by atoms with Gasteiger partial charge >= 0.3 is 12.1 Å². The molecule has 0 fully saturated rings. The van der Waals surface area contributed by atoms with E-state index in [4.69, 9.17) is 18.9 Å². The number of hydrogen-bond acceptors (Lipinski definition) is 6. The fourth-order valence-corrected chi connectivity index (χ4v) is 4.68. The molecular weight excluding hydrogens is 498 g/mol. The molecule has 8 nitrogen and oxygen atoms in total. The third-order valence-electron chi connectivity index (χ3n) is 7.11. The van der Waals surface area contributed by atoms with E-state index < -0.39 is 23.6 Å². The molecule has 1 amide bonds. The Bertz CT molecular complexity index is 878. The first-order valence-corrected chi connectivity index (χ1v) is 14.2. The van der Waals surface area contributed by atoms with Gasteiger partial charge in [0.1, 0.15) is 5.60 Å². The largest absolute Gasteiger partial charge is 0.493 e. The molecular formula is C31H53NO7. The number of carboxylic acid groups (broad SMARTS) is 1. The Labute approximate surface area is 236 Å². The Morgan fingerprint density at radius 1 is 0.949 bits per heavy atom. The molecule has 1 rings (SSSR count). The van der Waals surface area contributed by atoms with E-state index in [0.717, 1.165) is 18.4 Å². The molecule has 0 bridgehead atoms. The maximum atomic E-state index is 12.8. The Hall–Kier alpha value is -2.48. The Morgan fingerprint density at radius 3 is 2.13 bits per heavy atom. The van der Waals surface area contributed by atoms with Crippen LogP contribution in [0.5, 0.6) is 11.5 Å². The van der Waals surface area contributed by atoms with Crippen molar-refractivity contribution < 1.29 is 33.6 Å². The van der Waals surface area contributed by atoms with Crippen LogP contribution in [0.2, 0.25) is 0 Å². The van der Waals surface area contributed by atoms with Gasteiger partial charge in [-0.25, -0.2) is 4.79 Å². The number of nitrogens with one attached hydrogen (secondary N) is 1. The number of aliphatic carboxylic acids is 1. The van der Waals surface area contributed by atoms with Crippen molar-refractivity contribution in [1.29, 1.82) is 0 Å². The number of alkyl carbamates (subject to hydrolysis) is 1. The van der Waals surface area contributed by atoms with E-state index in [-0.39, 0.29) is 23.8 Å². The molecule has 0 unspecified atom stereocenters. The monoisotopic (exact) mass is 551 g/mol. The predicted octanol–water partition coefficient (Wildman–Crippen LogP) is 6.59. The van der Waals surface area contributed by atoms with Crippen LogP contribution < -0.4 is 14.8 Å². The van der Waals surface area contributed by atoms with Crippen LogP contribution in [0.15, 0.2) is 18.2 Å². The van der Waals surface area contributed by atoms with E-state index in [1.54, 1.807) is 14.2 Å². The van der Waals surface area contributed by atoms with Crippen molar-refractivity contribution in [3.63, 3.8) is 0 Å². The number of ether oxygens (including phenoxy) is 4. The van der Waals surface area contributed by atoms with E-state index in [1.807, 2.05) is 53.7 Å². The second kappa shape index (κ2) is 16.6. The zero-order chi connectivity index (χ0) is 29.8. The van der Waals surface area contributed by atoms with Crippen molar-refractivity contribution in [2.75, 3.05) is 27.4 Å². The summed E-state index contributed by atoms with van der Waals surface area (Å²) in [5.74, 6) is 0.588. The highest BCUT2D eigenvalue weighted by Crippen LogP contribution is 2.33. The lowest BCUT2D eigenvalue weighted by molar-refractivity contribution is -0.144. The standard InChI is InChI=1S/C31H53NO7/c1-20(2)24(17-23-12-13-27(37-10)28(18-23)38-15-11-14-36-9)19-26(32-30(35)39-31(6,7)8)22(5)16-25(21(3)4)29(33)34/h12-13,18,20-22,24-26H,11,14-17,19H2,1-10H3,(H,32,35)(H,33,34)/t22-,24-,25-,26-/m0/s1. The molecule has 39 heavy (non-hydrogen) atoms. The molecule has 0 radical (unpaired) electrons. The second-order valence-electron chi connectivity index (χ2n) is 12.3. The summed E-state index contributed by atoms with van der Waals surface area (Å²) in [6.07, 6.45) is 2.25. The lowest BCUT2D eigenvalue weighted by atomic mass is 9.78. The molecule has 2 N–H and O–H groups in total. The Morgan fingerprint density at radius 2 is 1.62 bits per heavy atom. The zero-order valence-corrected chi connectivity index (χ0v) is 25.8. The zero-order valence-electron chi connectivity index (χ0n) is 25.8. The van der Waals surface area contributed by atoms with Crippen molar-refractivity contribution in [1.82, 2.24) is 5.32 Å². The minimum atomic E-state index is -0.801. The van der Waals surface area contributed by atoms with Crippen LogP contribution in [0.25, 0.3) is 0 Å². The summed E-state index contributed by atoms with van der Waals surface area (Å²) in [7, 11) is 3.30. The third-order valence-corrected chi connectivity index (χ3v) is 7.11. The summed E-state index contributed by atoms with van der Waals surface area (Å²) in [4.78, 5) is 24.7.